The van der Waals surface area contributed by atoms with E-state index < -0.39 is 11.8 Å². The molecule has 1 unspecified atom stereocenters. The van der Waals surface area contributed by atoms with Crippen molar-refractivity contribution in [2.24, 2.45) is 0 Å². The van der Waals surface area contributed by atoms with E-state index in [1.165, 1.54) is 0 Å². The summed E-state index contributed by atoms with van der Waals surface area (Å²) >= 11 is 5.81. The standard InChI is InChI=1S/C10H11ClN2O2/c1-10(2)9-6(3-4-7(11)13-9)12-8(5-14)15-10/h3-5,8,12H,1-2H3. The molecule has 2 heterocycles. The summed E-state index contributed by atoms with van der Waals surface area (Å²) < 4.78 is 5.50. The van der Waals surface area contributed by atoms with Gasteiger partial charge in [0.05, 0.1) is 11.4 Å². The van der Waals surface area contributed by atoms with Crippen molar-refractivity contribution in [2.75, 3.05) is 5.32 Å². The van der Waals surface area contributed by atoms with E-state index in [9.17, 15) is 4.79 Å². The number of carbonyl (C=O) groups excluding carboxylic acids is 1. The fraction of sp³-hybridized carbons (Fsp3) is 0.400. The molecule has 1 N–H and O–H groups in total. The molecule has 1 aliphatic rings. The number of anilines is 1. The predicted octanol–water partition coefficient (Wildman–Crippen LogP) is 1.94. The zero-order chi connectivity index (χ0) is 11.1. The lowest BCUT2D eigenvalue weighted by atomic mass is 10.0. The lowest BCUT2D eigenvalue weighted by Gasteiger charge is -2.35. The van der Waals surface area contributed by atoms with E-state index in [0.29, 0.717) is 10.8 Å². The number of rotatable bonds is 1. The third-order valence-corrected chi connectivity index (χ3v) is 2.48. The van der Waals surface area contributed by atoms with Crippen molar-refractivity contribution in [1.82, 2.24) is 4.98 Å². The summed E-state index contributed by atoms with van der Waals surface area (Å²) in [4.78, 5) is 14.9. The van der Waals surface area contributed by atoms with Gasteiger partial charge in [-0.05, 0) is 26.0 Å². The number of aldehydes is 1. The number of aromatic nitrogens is 1. The summed E-state index contributed by atoms with van der Waals surface area (Å²) in [6.45, 7) is 3.71. The molecular formula is C10H11ClN2O2. The van der Waals surface area contributed by atoms with Crippen LogP contribution in [-0.2, 0) is 15.1 Å². The number of nitrogens with zero attached hydrogens (tertiary/aromatic N) is 1. The Morgan fingerprint density at radius 2 is 2.33 bits per heavy atom. The Bertz CT molecular complexity index is 406. The van der Waals surface area contributed by atoms with E-state index in [-0.39, 0.29) is 0 Å². The lowest BCUT2D eigenvalue weighted by Crippen LogP contribution is -2.40. The Morgan fingerprint density at radius 1 is 1.60 bits per heavy atom. The van der Waals surface area contributed by atoms with Crippen LogP contribution in [0.4, 0.5) is 5.69 Å². The number of pyridine rings is 1. The molecule has 0 spiro atoms. The first-order valence-electron chi connectivity index (χ1n) is 4.59. The van der Waals surface area contributed by atoms with Crippen LogP contribution in [0.3, 0.4) is 0 Å². The minimum Gasteiger partial charge on any atom is -0.353 e. The topological polar surface area (TPSA) is 51.2 Å². The van der Waals surface area contributed by atoms with Gasteiger partial charge in [0, 0.05) is 0 Å². The highest BCUT2D eigenvalue weighted by molar-refractivity contribution is 6.29. The lowest BCUT2D eigenvalue weighted by molar-refractivity contribution is -0.129. The first-order valence-corrected chi connectivity index (χ1v) is 4.97. The average molecular weight is 227 g/mol. The van der Waals surface area contributed by atoms with E-state index in [2.05, 4.69) is 10.3 Å². The number of fused-ring (bicyclic) bond motifs is 1. The monoisotopic (exact) mass is 226 g/mol. The normalized spacial score (nSPS) is 22.7. The minimum atomic E-state index is -0.629. The molecule has 4 nitrogen and oxygen atoms in total. The molecule has 1 aromatic rings. The van der Waals surface area contributed by atoms with E-state index in [0.717, 1.165) is 12.0 Å². The van der Waals surface area contributed by atoms with Crippen LogP contribution >= 0.6 is 11.6 Å². The van der Waals surface area contributed by atoms with Gasteiger partial charge in [0.2, 0.25) is 0 Å². The first kappa shape index (κ1) is 10.4. The van der Waals surface area contributed by atoms with Gasteiger partial charge in [-0.15, -0.1) is 0 Å². The van der Waals surface area contributed by atoms with E-state index in [1.807, 2.05) is 13.8 Å². The van der Waals surface area contributed by atoms with Crippen LogP contribution < -0.4 is 5.32 Å². The molecule has 80 valence electrons. The van der Waals surface area contributed by atoms with Crippen molar-refractivity contribution < 1.29 is 9.53 Å². The molecule has 0 aliphatic carbocycles. The van der Waals surface area contributed by atoms with E-state index in [1.54, 1.807) is 12.1 Å². The zero-order valence-corrected chi connectivity index (χ0v) is 9.21. The Labute approximate surface area is 92.6 Å². The second-order valence-electron chi connectivity index (χ2n) is 3.86. The van der Waals surface area contributed by atoms with Crippen molar-refractivity contribution in [3.63, 3.8) is 0 Å². The van der Waals surface area contributed by atoms with Crippen molar-refractivity contribution in [1.29, 1.82) is 0 Å². The SMILES string of the molecule is CC1(C)OC(C=O)Nc2ccc(Cl)nc21. The highest BCUT2D eigenvalue weighted by atomic mass is 35.5. The van der Waals surface area contributed by atoms with Crippen LogP contribution in [0.1, 0.15) is 19.5 Å². The number of halogens is 1. The molecule has 0 saturated heterocycles. The maximum absolute atomic E-state index is 10.7. The Hall–Kier alpha value is -1.13. The van der Waals surface area contributed by atoms with Crippen LogP contribution in [0.15, 0.2) is 12.1 Å². The molecule has 0 radical (unpaired) electrons. The average Bonchev–Trinajstić information content (AvgIpc) is 2.18. The number of hydrogen-bond donors (Lipinski definition) is 1. The van der Waals surface area contributed by atoms with E-state index in [4.69, 9.17) is 16.3 Å². The quantitative estimate of drug-likeness (QED) is 0.587. The van der Waals surface area contributed by atoms with Crippen LogP contribution in [-0.4, -0.2) is 17.5 Å². The second-order valence-corrected chi connectivity index (χ2v) is 4.25. The Balaban J connectivity index is 2.49. The summed E-state index contributed by atoms with van der Waals surface area (Å²) in [5.74, 6) is 0. The van der Waals surface area contributed by atoms with E-state index >= 15 is 0 Å². The van der Waals surface area contributed by atoms with Gasteiger partial charge < -0.3 is 10.1 Å². The number of nitrogens with one attached hydrogen (secondary N) is 1. The first-order chi connectivity index (χ1) is 7.03. The maximum Gasteiger partial charge on any atom is 0.185 e. The molecule has 2 rings (SSSR count). The number of ether oxygens (including phenoxy) is 1. The third kappa shape index (κ3) is 1.82. The van der Waals surface area contributed by atoms with Gasteiger partial charge in [0.25, 0.3) is 0 Å². The number of carbonyl (C=O) groups is 1. The summed E-state index contributed by atoms with van der Waals surface area (Å²) in [7, 11) is 0. The molecule has 5 heteroatoms. The predicted molar refractivity (Wildman–Crippen MR) is 56.8 cm³/mol. The van der Waals surface area contributed by atoms with Gasteiger partial charge in [0.15, 0.2) is 12.5 Å². The minimum absolute atomic E-state index is 0.414. The number of hydrogen-bond acceptors (Lipinski definition) is 4. The van der Waals surface area contributed by atoms with Gasteiger partial charge in [0.1, 0.15) is 10.8 Å². The van der Waals surface area contributed by atoms with Crippen molar-refractivity contribution in [3.05, 3.63) is 23.0 Å². The molecule has 15 heavy (non-hydrogen) atoms. The smallest absolute Gasteiger partial charge is 0.185 e. The maximum atomic E-state index is 10.7. The highest BCUT2D eigenvalue weighted by Gasteiger charge is 2.34. The summed E-state index contributed by atoms with van der Waals surface area (Å²) in [5, 5.41) is 3.33. The van der Waals surface area contributed by atoms with Gasteiger partial charge in [-0.3, -0.25) is 4.79 Å². The molecule has 0 fully saturated rings. The molecule has 0 bridgehead atoms. The molecule has 1 atom stereocenters. The fourth-order valence-electron chi connectivity index (χ4n) is 1.63. The van der Waals surface area contributed by atoms with Gasteiger partial charge in [-0.25, -0.2) is 4.98 Å². The largest absolute Gasteiger partial charge is 0.353 e. The van der Waals surface area contributed by atoms with Crippen LogP contribution in [0.5, 0.6) is 0 Å². The molecule has 0 amide bonds. The molecule has 1 aromatic heterocycles. The molecular weight excluding hydrogens is 216 g/mol. The Morgan fingerprint density at radius 3 is 3.00 bits per heavy atom. The molecule has 0 saturated carbocycles. The van der Waals surface area contributed by atoms with Crippen LogP contribution in [0.2, 0.25) is 5.15 Å². The Kier molecular flexibility index (Phi) is 2.40. The summed E-state index contributed by atoms with van der Waals surface area (Å²) in [6.07, 6.45) is 0.0923. The van der Waals surface area contributed by atoms with Crippen LogP contribution in [0.25, 0.3) is 0 Å². The summed E-state index contributed by atoms with van der Waals surface area (Å²) in [6, 6.07) is 3.47. The third-order valence-electron chi connectivity index (χ3n) is 2.27. The fourth-order valence-corrected chi connectivity index (χ4v) is 1.78. The molecule has 1 aliphatic heterocycles. The van der Waals surface area contributed by atoms with Gasteiger partial charge >= 0.3 is 0 Å². The summed E-state index contributed by atoms with van der Waals surface area (Å²) in [5.41, 5.74) is 0.887. The van der Waals surface area contributed by atoms with Crippen molar-refractivity contribution >= 4 is 23.6 Å². The van der Waals surface area contributed by atoms with Crippen molar-refractivity contribution in [2.45, 2.75) is 25.7 Å². The van der Waals surface area contributed by atoms with Gasteiger partial charge in [-0.1, -0.05) is 11.6 Å². The van der Waals surface area contributed by atoms with Gasteiger partial charge in [-0.2, -0.15) is 0 Å². The molecule has 0 aromatic carbocycles. The zero-order valence-electron chi connectivity index (χ0n) is 8.45. The second kappa shape index (κ2) is 3.47. The van der Waals surface area contributed by atoms with Crippen LogP contribution in [0, 0.1) is 0 Å². The highest BCUT2D eigenvalue weighted by Crippen LogP contribution is 2.35. The van der Waals surface area contributed by atoms with Crippen molar-refractivity contribution in [3.8, 4) is 0 Å².